The van der Waals surface area contributed by atoms with Gasteiger partial charge in [-0.15, -0.1) is 0 Å². The Morgan fingerprint density at radius 1 is 1.12 bits per heavy atom. The molecule has 1 N–H and O–H groups in total. The summed E-state index contributed by atoms with van der Waals surface area (Å²) in [6.45, 7) is 8.42. The minimum atomic E-state index is -1.54. The molecule has 0 radical (unpaired) electrons. The van der Waals surface area contributed by atoms with Crippen molar-refractivity contribution >= 4 is 17.6 Å². The first-order valence-electron chi connectivity index (χ1n) is 10.3. The maximum absolute atomic E-state index is 13.4. The molecule has 2 aliphatic rings. The molecule has 10 heteroatoms. The molecule has 0 amide bonds. The zero-order chi connectivity index (χ0) is 23.6. The molecule has 0 aromatic heterocycles. The Kier molecular flexibility index (Phi) is 6.65. The normalized spacial score (nSPS) is 25.0. The Hall–Kier alpha value is -3.24. The number of rotatable bonds is 7. The van der Waals surface area contributed by atoms with Crippen LogP contribution in [0.25, 0.3) is 0 Å². The van der Waals surface area contributed by atoms with Gasteiger partial charge in [0.25, 0.3) is 5.69 Å². The van der Waals surface area contributed by atoms with Crippen LogP contribution in [0.4, 0.5) is 5.69 Å². The van der Waals surface area contributed by atoms with Crippen LogP contribution in [0.1, 0.15) is 52.5 Å². The average molecular weight is 446 g/mol. The molecular weight excluding hydrogens is 420 g/mol. The second-order valence-corrected chi connectivity index (χ2v) is 7.40. The zero-order valence-corrected chi connectivity index (χ0v) is 18.6. The summed E-state index contributed by atoms with van der Waals surface area (Å²) in [5.41, 5.74) is 0.877. The molecule has 32 heavy (non-hydrogen) atoms. The van der Waals surface area contributed by atoms with Gasteiger partial charge in [0.2, 0.25) is 0 Å². The molecular formula is C22H26N2O8. The van der Waals surface area contributed by atoms with E-state index in [2.05, 4.69) is 5.32 Å². The molecule has 0 aliphatic carbocycles. The summed E-state index contributed by atoms with van der Waals surface area (Å²) in [5.74, 6) is -4.14. The first-order chi connectivity index (χ1) is 15.1. The Balaban J connectivity index is 2.14. The fourth-order valence-corrected chi connectivity index (χ4v) is 3.95. The molecule has 1 unspecified atom stereocenters. The summed E-state index contributed by atoms with van der Waals surface area (Å²) in [6.07, 6.45) is -0.302. The van der Waals surface area contributed by atoms with E-state index in [1.165, 1.54) is 18.2 Å². The Bertz CT molecular complexity index is 1010. The van der Waals surface area contributed by atoms with Gasteiger partial charge in [0.05, 0.1) is 28.6 Å². The summed E-state index contributed by atoms with van der Waals surface area (Å²) >= 11 is 0. The number of nitrogens with one attached hydrogen (secondary N) is 1. The third-order valence-corrected chi connectivity index (χ3v) is 5.29. The van der Waals surface area contributed by atoms with Gasteiger partial charge in [-0.2, -0.15) is 0 Å². The number of benzene rings is 1. The molecule has 3 rings (SSSR count). The maximum Gasteiger partial charge on any atom is 0.341 e. The number of nitro benzene ring substituents is 1. The van der Waals surface area contributed by atoms with Crippen molar-refractivity contribution in [2.24, 2.45) is 0 Å². The van der Waals surface area contributed by atoms with E-state index in [1.807, 2.05) is 0 Å². The second-order valence-electron chi connectivity index (χ2n) is 7.40. The van der Waals surface area contributed by atoms with Gasteiger partial charge >= 0.3 is 17.9 Å². The highest BCUT2D eigenvalue weighted by molar-refractivity contribution is 6.00. The van der Waals surface area contributed by atoms with E-state index < -0.39 is 35.0 Å². The molecule has 1 fully saturated rings. The Morgan fingerprint density at radius 3 is 2.25 bits per heavy atom. The lowest BCUT2D eigenvalue weighted by atomic mass is 9.79. The number of esters is 2. The van der Waals surface area contributed by atoms with E-state index in [-0.39, 0.29) is 35.4 Å². The van der Waals surface area contributed by atoms with Crippen LogP contribution in [-0.2, 0) is 28.5 Å². The van der Waals surface area contributed by atoms with Crippen molar-refractivity contribution in [3.05, 3.63) is 62.5 Å². The van der Waals surface area contributed by atoms with Crippen molar-refractivity contribution in [3.63, 3.8) is 0 Å². The van der Waals surface area contributed by atoms with Gasteiger partial charge in [0.15, 0.2) is 6.29 Å². The number of dihydropyridines is 1. The number of para-hydroxylation sites is 1. The topological polar surface area (TPSA) is 126 Å². The predicted molar refractivity (Wildman–Crippen MR) is 112 cm³/mol. The lowest BCUT2D eigenvalue weighted by molar-refractivity contribution is -0.523. The predicted octanol–water partition coefficient (Wildman–Crippen LogP) is 3.39. The third-order valence-electron chi connectivity index (χ3n) is 5.29. The summed E-state index contributed by atoms with van der Waals surface area (Å²) in [6, 6.07) is 5.95. The highest BCUT2D eigenvalue weighted by Gasteiger charge is 2.50. The zero-order valence-electron chi connectivity index (χ0n) is 18.6. The monoisotopic (exact) mass is 446 g/mol. The van der Waals surface area contributed by atoms with Crippen LogP contribution in [0.5, 0.6) is 0 Å². The lowest BCUT2D eigenvalue weighted by Gasteiger charge is -2.44. The maximum atomic E-state index is 13.4. The van der Waals surface area contributed by atoms with Crippen molar-refractivity contribution in [2.45, 2.75) is 59.2 Å². The van der Waals surface area contributed by atoms with Gasteiger partial charge in [-0.1, -0.05) is 25.1 Å². The van der Waals surface area contributed by atoms with Gasteiger partial charge in [-0.25, -0.2) is 9.59 Å². The number of carbonyl (C=O) groups is 2. The number of hydrogen-bond acceptors (Lipinski definition) is 9. The number of hydrogen-bond donors (Lipinski definition) is 1. The number of carbonyl (C=O) groups excluding carboxylic acids is 2. The van der Waals surface area contributed by atoms with Gasteiger partial charge in [-0.05, 0) is 27.7 Å². The molecule has 2 aliphatic heterocycles. The van der Waals surface area contributed by atoms with Crippen LogP contribution in [0.2, 0.25) is 0 Å². The molecule has 172 valence electrons. The molecule has 1 atom stereocenters. The molecule has 0 saturated carbocycles. The smallest absolute Gasteiger partial charge is 0.341 e. The van der Waals surface area contributed by atoms with Crippen molar-refractivity contribution < 1.29 is 33.5 Å². The van der Waals surface area contributed by atoms with Crippen LogP contribution in [0.3, 0.4) is 0 Å². The number of ether oxygens (including phenoxy) is 4. The molecule has 2 heterocycles. The highest BCUT2D eigenvalue weighted by atomic mass is 17.0. The number of nitrogens with zero attached hydrogens (tertiary/aromatic N) is 1. The van der Waals surface area contributed by atoms with Crippen LogP contribution in [0, 0.1) is 10.1 Å². The van der Waals surface area contributed by atoms with Crippen molar-refractivity contribution in [2.75, 3.05) is 6.61 Å². The first kappa shape index (κ1) is 23.4. The molecule has 1 aromatic carbocycles. The first-order valence-corrected chi connectivity index (χ1v) is 10.3. The molecule has 1 aromatic rings. The fourth-order valence-electron chi connectivity index (χ4n) is 3.95. The number of nitro groups is 1. The van der Waals surface area contributed by atoms with Crippen LogP contribution in [0.15, 0.2) is 46.8 Å². The summed E-state index contributed by atoms with van der Waals surface area (Å²) < 4.78 is 21.7. The SMILES string of the molecule is CCOC(=O)C1=C(C)NC(C)=C(C(=O)OC2(CC)OC(C)O2)C1c1ccccc1[N+](=O)[O-]. The van der Waals surface area contributed by atoms with E-state index in [1.54, 1.807) is 40.7 Å². The Morgan fingerprint density at radius 2 is 1.72 bits per heavy atom. The lowest BCUT2D eigenvalue weighted by Crippen LogP contribution is -2.55. The van der Waals surface area contributed by atoms with E-state index in [0.29, 0.717) is 11.4 Å². The minimum Gasteiger partial charge on any atom is -0.463 e. The van der Waals surface area contributed by atoms with Gasteiger partial charge in [0, 0.05) is 29.4 Å². The highest BCUT2D eigenvalue weighted by Crippen LogP contribution is 2.44. The summed E-state index contributed by atoms with van der Waals surface area (Å²) in [4.78, 5) is 37.4. The standard InChI is InChI=1S/C22H26N2O8/c1-6-22(30-14(5)31-22)32-21(26)18-13(4)23-12(3)17(20(25)29-7-2)19(18)15-10-8-9-11-16(15)24(27)28/h8-11,14,19,23H,6-7H2,1-5H3. The van der Waals surface area contributed by atoms with E-state index in [4.69, 9.17) is 18.9 Å². The van der Waals surface area contributed by atoms with Crippen molar-refractivity contribution in [1.82, 2.24) is 5.32 Å². The number of allylic oxidation sites excluding steroid dienone is 2. The van der Waals surface area contributed by atoms with Gasteiger partial charge in [0.1, 0.15) is 0 Å². The van der Waals surface area contributed by atoms with Crippen LogP contribution in [-0.4, -0.2) is 35.7 Å². The van der Waals surface area contributed by atoms with Crippen LogP contribution < -0.4 is 5.32 Å². The summed E-state index contributed by atoms with van der Waals surface area (Å²) in [7, 11) is 0. The largest absolute Gasteiger partial charge is 0.463 e. The molecule has 0 bridgehead atoms. The average Bonchev–Trinajstić information content (AvgIpc) is 2.71. The quantitative estimate of drug-likeness (QED) is 0.381. The molecule has 10 nitrogen and oxygen atoms in total. The van der Waals surface area contributed by atoms with E-state index in [9.17, 15) is 19.7 Å². The summed E-state index contributed by atoms with van der Waals surface area (Å²) in [5, 5.41) is 14.8. The van der Waals surface area contributed by atoms with Crippen LogP contribution >= 0.6 is 0 Å². The van der Waals surface area contributed by atoms with E-state index >= 15 is 0 Å². The van der Waals surface area contributed by atoms with Crippen molar-refractivity contribution in [1.29, 1.82) is 0 Å². The van der Waals surface area contributed by atoms with Gasteiger partial charge < -0.3 is 14.8 Å². The van der Waals surface area contributed by atoms with E-state index in [0.717, 1.165) is 0 Å². The Labute approximate surface area is 185 Å². The molecule has 1 saturated heterocycles. The van der Waals surface area contributed by atoms with Gasteiger partial charge in [-0.3, -0.25) is 19.6 Å². The minimum absolute atomic E-state index is 0.0348. The van der Waals surface area contributed by atoms with Crippen molar-refractivity contribution in [3.8, 4) is 0 Å². The third kappa shape index (κ3) is 4.23. The fraction of sp³-hybridized carbons (Fsp3) is 0.455. The molecule has 0 spiro atoms. The second kappa shape index (κ2) is 9.09.